The predicted octanol–water partition coefficient (Wildman–Crippen LogP) is 2.73. The van der Waals surface area contributed by atoms with Gasteiger partial charge in [-0.15, -0.1) is 0 Å². The molecule has 1 aromatic carbocycles. The molecule has 0 aliphatic rings. The van der Waals surface area contributed by atoms with Crippen molar-refractivity contribution >= 4 is 11.9 Å². The summed E-state index contributed by atoms with van der Waals surface area (Å²) in [6.07, 6.45) is 3.89. The largest absolute Gasteiger partial charge is 0.459 e. The zero-order chi connectivity index (χ0) is 20.5. The van der Waals surface area contributed by atoms with E-state index in [1.807, 2.05) is 37.3 Å². The average Bonchev–Trinajstić information content (AvgIpc) is 3.39. The first-order valence-electron chi connectivity index (χ1n) is 9.44. The number of benzene rings is 1. The van der Waals surface area contributed by atoms with Crippen molar-refractivity contribution in [1.29, 1.82) is 0 Å². The van der Waals surface area contributed by atoms with Gasteiger partial charge in [0, 0.05) is 31.3 Å². The molecule has 0 radical (unpaired) electrons. The average molecular weight is 395 g/mol. The van der Waals surface area contributed by atoms with Gasteiger partial charge in [-0.3, -0.25) is 9.79 Å². The van der Waals surface area contributed by atoms with Crippen LogP contribution in [0.3, 0.4) is 0 Å². The van der Waals surface area contributed by atoms with E-state index in [1.54, 1.807) is 19.4 Å². The van der Waals surface area contributed by atoms with Crippen LogP contribution >= 0.6 is 0 Å². The number of aryl methyl sites for hydroxylation is 1. The van der Waals surface area contributed by atoms with Crippen LogP contribution in [0.2, 0.25) is 0 Å². The number of carbonyl (C=O) groups is 1. The van der Waals surface area contributed by atoms with Gasteiger partial charge in [0.25, 0.3) is 5.91 Å². The number of nitrogens with one attached hydrogen (secondary N) is 3. The molecule has 0 atom stereocenters. The van der Waals surface area contributed by atoms with Crippen molar-refractivity contribution in [2.75, 3.05) is 20.1 Å². The van der Waals surface area contributed by atoms with Crippen molar-refractivity contribution in [3.05, 3.63) is 65.9 Å². The highest BCUT2D eigenvalue weighted by atomic mass is 16.3. The minimum Gasteiger partial charge on any atom is -0.459 e. The first-order valence-corrected chi connectivity index (χ1v) is 9.44. The van der Waals surface area contributed by atoms with E-state index >= 15 is 0 Å². The molecule has 2 heterocycles. The van der Waals surface area contributed by atoms with Crippen molar-refractivity contribution in [3.8, 4) is 11.5 Å². The molecule has 0 saturated carbocycles. The van der Waals surface area contributed by atoms with E-state index in [2.05, 4.69) is 25.9 Å². The zero-order valence-corrected chi connectivity index (χ0v) is 16.6. The summed E-state index contributed by atoms with van der Waals surface area (Å²) in [5.41, 5.74) is 2.55. The molecule has 3 rings (SSSR count). The molecule has 3 aromatic rings. The Morgan fingerprint density at radius 1 is 1.07 bits per heavy atom. The van der Waals surface area contributed by atoms with Crippen molar-refractivity contribution < 1.29 is 13.6 Å². The molecule has 0 spiro atoms. The topological polar surface area (TPSA) is 105 Å². The Kier molecular flexibility index (Phi) is 7.05. The standard InChI is InChI=1S/C21H25N5O3/c1-15-9-12-28-18(15)19(27)23-10-6-11-24-21(22-2)25-13-17-14-29-20(26-17)16-7-4-3-5-8-16/h3-5,7-9,12,14H,6,10-11,13H2,1-2H3,(H,23,27)(H2,22,24,25). The Balaban J connectivity index is 1.36. The predicted molar refractivity (Wildman–Crippen MR) is 111 cm³/mol. The molecule has 8 nitrogen and oxygen atoms in total. The lowest BCUT2D eigenvalue weighted by Crippen LogP contribution is -2.38. The van der Waals surface area contributed by atoms with Gasteiger partial charge in [0.2, 0.25) is 5.89 Å². The van der Waals surface area contributed by atoms with Crippen LogP contribution in [0.1, 0.15) is 28.2 Å². The van der Waals surface area contributed by atoms with Gasteiger partial charge >= 0.3 is 0 Å². The van der Waals surface area contributed by atoms with Crippen LogP contribution in [-0.2, 0) is 6.54 Å². The van der Waals surface area contributed by atoms with Gasteiger partial charge in [-0.1, -0.05) is 18.2 Å². The summed E-state index contributed by atoms with van der Waals surface area (Å²) in [7, 11) is 1.70. The van der Waals surface area contributed by atoms with Crippen LogP contribution in [0.5, 0.6) is 0 Å². The van der Waals surface area contributed by atoms with Crippen molar-refractivity contribution in [2.24, 2.45) is 4.99 Å². The molecule has 1 amide bonds. The quantitative estimate of drug-likeness (QED) is 0.308. The number of carbonyl (C=O) groups excluding carboxylic acids is 1. The van der Waals surface area contributed by atoms with E-state index in [0.29, 0.717) is 37.2 Å². The maximum atomic E-state index is 12.0. The van der Waals surface area contributed by atoms with E-state index in [-0.39, 0.29) is 5.91 Å². The molecule has 2 aromatic heterocycles. The number of guanidine groups is 1. The van der Waals surface area contributed by atoms with Gasteiger partial charge in [-0.05, 0) is 31.5 Å². The van der Waals surface area contributed by atoms with E-state index in [1.165, 1.54) is 6.26 Å². The molecule has 0 fully saturated rings. The smallest absolute Gasteiger partial charge is 0.287 e. The number of furan rings is 1. The second-order valence-corrected chi connectivity index (χ2v) is 6.40. The molecular formula is C21H25N5O3. The lowest BCUT2D eigenvalue weighted by atomic mass is 10.2. The summed E-state index contributed by atoms with van der Waals surface area (Å²) in [5.74, 6) is 1.41. The molecule has 0 unspecified atom stereocenters. The highest BCUT2D eigenvalue weighted by Gasteiger charge is 2.11. The number of amides is 1. The molecule has 8 heteroatoms. The SMILES string of the molecule is CN=C(NCCCNC(=O)c1occc1C)NCc1coc(-c2ccccc2)n1. The fourth-order valence-electron chi connectivity index (χ4n) is 2.68. The maximum Gasteiger partial charge on any atom is 0.287 e. The number of hydrogen-bond acceptors (Lipinski definition) is 5. The van der Waals surface area contributed by atoms with Crippen LogP contribution in [0.25, 0.3) is 11.5 Å². The van der Waals surface area contributed by atoms with Gasteiger partial charge < -0.3 is 24.8 Å². The Bertz CT molecular complexity index is 946. The second-order valence-electron chi connectivity index (χ2n) is 6.40. The number of aromatic nitrogens is 1. The first-order chi connectivity index (χ1) is 14.2. The van der Waals surface area contributed by atoms with Crippen LogP contribution in [0, 0.1) is 6.92 Å². The van der Waals surface area contributed by atoms with Crippen LogP contribution in [-0.4, -0.2) is 37.0 Å². The van der Waals surface area contributed by atoms with Gasteiger partial charge in [-0.2, -0.15) is 0 Å². The van der Waals surface area contributed by atoms with E-state index in [0.717, 1.165) is 23.2 Å². The van der Waals surface area contributed by atoms with Crippen molar-refractivity contribution in [2.45, 2.75) is 19.9 Å². The summed E-state index contributed by atoms with van der Waals surface area (Å²) in [5, 5.41) is 9.24. The van der Waals surface area contributed by atoms with Crippen LogP contribution in [0.4, 0.5) is 0 Å². The lowest BCUT2D eigenvalue weighted by molar-refractivity contribution is 0.0925. The van der Waals surface area contributed by atoms with Crippen molar-refractivity contribution in [1.82, 2.24) is 20.9 Å². The van der Waals surface area contributed by atoms with Crippen LogP contribution < -0.4 is 16.0 Å². The summed E-state index contributed by atoms with van der Waals surface area (Å²) in [6, 6.07) is 11.5. The Morgan fingerprint density at radius 3 is 2.59 bits per heavy atom. The fraction of sp³-hybridized carbons (Fsp3) is 0.286. The molecule has 0 saturated heterocycles. The summed E-state index contributed by atoms with van der Waals surface area (Å²) in [4.78, 5) is 20.6. The molecule has 0 aliphatic carbocycles. The Labute approximate surface area is 169 Å². The number of oxazole rings is 1. The maximum absolute atomic E-state index is 12.0. The third-order valence-corrected chi connectivity index (χ3v) is 4.23. The summed E-state index contributed by atoms with van der Waals surface area (Å²) >= 11 is 0. The van der Waals surface area contributed by atoms with Crippen LogP contribution in [0.15, 0.2) is 62.8 Å². The lowest BCUT2D eigenvalue weighted by Gasteiger charge is -2.11. The van der Waals surface area contributed by atoms with E-state index in [4.69, 9.17) is 8.83 Å². The molecule has 29 heavy (non-hydrogen) atoms. The number of rotatable bonds is 8. The van der Waals surface area contributed by atoms with Gasteiger partial charge in [0.05, 0.1) is 18.5 Å². The highest BCUT2D eigenvalue weighted by Crippen LogP contribution is 2.17. The number of nitrogens with zero attached hydrogens (tertiary/aromatic N) is 2. The second kappa shape index (κ2) is 10.1. The monoisotopic (exact) mass is 395 g/mol. The Morgan fingerprint density at radius 2 is 1.86 bits per heavy atom. The summed E-state index contributed by atoms with van der Waals surface area (Å²) < 4.78 is 10.7. The molecular weight excluding hydrogens is 370 g/mol. The van der Waals surface area contributed by atoms with Gasteiger partial charge in [0.1, 0.15) is 6.26 Å². The molecule has 152 valence electrons. The third kappa shape index (κ3) is 5.71. The van der Waals surface area contributed by atoms with Gasteiger partial charge in [0.15, 0.2) is 11.7 Å². The van der Waals surface area contributed by atoms with E-state index < -0.39 is 0 Å². The Hall–Kier alpha value is -3.55. The molecule has 0 bridgehead atoms. The zero-order valence-electron chi connectivity index (χ0n) is 16.6. The molecule has 3 N–H and O–H groups in total. The fourth-order valence-corrected chi connectivity index (χ4v) is 2.68. The minimum absolute atomic E-state index is 0.199. The highest BCUT2D eigenvalue weighted by molar-refractivity contribution is 5.92. The number of aliphatic imine (C=N–C) groups is 1. The first kappa shape index (κ1) is 20.2. The van der Waals surface area contributed by atoms with E-state index in [9.17, 15) is 4.79 Å². The minimum atomic E-state index is -0.199. The normalized spacial score (nSPS) is 11.3. The molecule has 0 aliphatic heterocycles. The third-order valence-electron chi connectivity index (χ3n) is 4.23. The van der Waals surface area contributed by atoms with Crippen molar-refractivity contribution in [3.63, 3.8) is 0 Å². The number of hydrogen-bond donors (Lipinski definition) is 3. The summed E-state index contributed by atoms with van der Waals surface area (Å²) in [6.45, 7) is 3.52. The van der Waals surface area contributed by atoms with Gasteiger partial charge in [-0.25, -0.2) is 4.98 Å².